The van der Waals surface area contributed by atoms with Gasteiger partial charge in [-0.15, -0.1) is 12.4 Å². The Morgan fingerprint density at radius 2 is 2.29 bits per heavy atom. The molecule has 7 nitrogen and oxygen atoms in total. The molecule has 132 valence electrons. The Kier molecular flexibility index (Phi) is 6.27. The number of carbonyl (C=O) groups excluding carboxylic acids is 1. The summed E-state index contributed by atoms with van der Waals surface area (Å²) in [5.41, 5.74) is 0.269. The summed E-state index contributed by atoms with van der Waals surface area (Å²) in [6, 6.07) is 1.87. The zero-order valence-corrected chi connectivity index (χ0v) is 13.7. The first kappa shape index (κ1) is 18.3. The van der Waals surface area contributed by atoms with Crippen molar-refractivity contribution in [2.45, 2.75) is 32.0 Å². The SMILES string of the molecule is Cl.O=C(NCc1nccn1C(F)F)c1ccn(C2CCCNC2)n1. The van der Waals surface area contributed by atoms with E-state index in [0.29, 0.717) is 4.57 Å². The molecular weight excluding hydrogens is 342 g/mol. The minimum Gasteiger partial charge on any atom is -0.343 e. The van der Waals surface area contributed by atoms with E-state index >= 15 is 0 Å². The second kappa shape index (κ2) is 8.20. The Bertz CT molecular complexity index is 668. The highest BCUT2D eigenvalue weighted by Gasteiger charge is 2.18. The normalized spacial score (nSPS) is 17.5. The van der Waals surface area contributed by atoms with E-state index in [1.807, 2.05) is 0 Å². The van der Waals surface area contributed by atoms with Crippen LogP contribution in [0.5, 0.6) is 0 Å². The topological polar surface area (TPSA) is 76.8 Å². The van der Waals surface area contributed by atoms with Crippen LogP contribution in [-0.4, -0.2) is 38.3 Å². The number of piperidine rings is 1. The summed E-state index contributed by atoms with van der Waals surface area (Å²) in [6.07, 6.45) is 6.31. The number of amides is 1. The number of carbonyl (C=O) groups is 1. The van der Waals surface area contributed by atoms with Crippen LogP contribution < -0.4 is 10.6 Å². The molecule has 2 aromatic rings. The van der Waals surface area contributed by atoms with Crippen LogP contribution >= 0.6 is 12.4 Å². The molecule has 3 rings (SSSR count). The summed E-state index contributed by atoms with van der Waals surface area (Å²) < 4.78 is 27.9. The molecule has 1 saturated heterocycles. The molecule has 0 radical (unpaired) electrons. The first-order chi connectivity index (χ1) is 11.1. The highest BCUT2D eigenvalue weighted by molar-refractivity contribution is 5.92. The molecular formula is C14H19ClF2N6O. The number of nitrogens with one attached hydrogen (secondary N) is 2. The fourth-order valence-electron chi connectivity index (χ4n) is 2.63. The van der Waals surface area contributed by atoms with E-state index in [1.165, 1.54) is 12.4 Å². The molecule has 1 unspecified atom stereocenters. The van der Waals surface area contributed by atoms with Gasteiger partial charge in [0.1, 0.15) is 11.5 Å². The lowest BCUT2D eigenvalue weighted by Crippen LogP contribution is -2.32. The summed E-state index contributed by atoms with van der Waals surface area (Å²) in [7, 11) is 0. The highest BCUT2D eigenvalue weighted by atomic mass is 35.5. The van der Waals surface area contributed by atoms with Gasteiger partial charge in [0, 0.05) is 25.1 Å². The van der Waals surface area contributed by atoms with Crippen LogP contribution in [0, 0.1) is 0 Å². The van der Waals surface area contributed by atoms with E-state index in [1.54, 1.807) is 16.9 Å². The molecule has 1 amide bonds. The Hall–Kier alpha value is -2.00. The molecule has 10 heteroatoms. The average Bonchev–Trinajstić information content (AvgIpc) is 3.22. The van der Waals surface area contributed by atoms with E-state index in [0.717, 1.165) is 25.9 Å². The van der Waals surface area contributed by atoms with Crippen LogP contribution in [0.15, 0.2) is 24.7 Å². The maximum atomic E-state index is 12.7. The van der Waals surface area contributed by atoms with Gasteiger partial charge in [-0.1, -0.05) is 0 Å². The maximum Gasteiger partial charge on any atom is 0.319 e. The third-order valence-corrected chi connectivity index (χ3v) is 3.85. The molecule has 1 aliphatic rings. The van der Waals surface area contributed by atoms with Gasteiger partial charge in [0.2, 0.25) is 0 Å². The van der Waals surface area contributed by atoms with Gasteiger partial charge in [0.25, 0.3) is 5.91 Å². The molecule has 1 aliphatic heterocycles. The molecule has 2 aromatic heterocycles. The second-order valence-electron chi connectivity index (χ2n) is 5.39. The van der Waals surface area contributed by atoms with Gasteiger partial charge >= 0.3 is 6.55 Å². The zero-order valence-electron chi connectivity index (χ0n) is 12.9. The van der Waals surface area contributed by atoms with Crippen molar-refractivity contribution in [2.75, 3.05) is 13.1 Å². The molecule has 0 aromatic carbocycles. The number of hydrogen-bond acceptors (Lipinski definition) is 4. The minimum absolute atomic E-state index is 0. The lowest BCUT2D eigenvalue weighted by molar-refractivity contribution is 0.0660. The Morgan fingerprint density at radius 3 is 3.00 bits per heavy atom. The van der Waals surface area contributed by atoms with E-state index in [-0.39, 0.29) is 36.5 Å². The Balaban J connectivity index is 0.00000208. The predicted octanol–water partition coefficient (Wildman–Crippen LogP) is 1.75. The number of imidazole rings is 1. The van der Waals surface area contributed by atoms with Crippen LogP contribution in [0.25, 0.3) is 0 Å². The maximum absolute atomic E-state index is 12.7. The van der Waals surface area contributed by atoms with Gasteiger partial charge in [-0.05, 0) is 25.5 Å². The number of halogens is 3. The molecule has 24 heavy (non-hydrogen) atoms. The van der Waals surface area contributed by atoms with E-state index in [4.69, 9.17) is 0 Å². The number of aromatic nitrogens is 4. The van der Waals surface area contributed by atoms with Crippen LogP contribution in [0.4, 0.5) is 8.78 Å². The zero-order chi connectivity index (χ0) is 16.2. The number of hydrogen-bond donors (Lipinski definition) is 2. The summed E-state index contributed by atoms with van der Waals surface area (Å²) in [4.78, 5) is 15.9. The van der Waals surface area contributed by atoms with E-state index < -0.39 is 12.5 Å². The number of nitrogens with zero attached hydrogens (tertiary/aromatic N) is 4. The molecule has 1 atom stereocenters. The summed E-state index contributed by atoms with van der Waals surface area (Å²) in [5.74, 6) is -0.305. The fraction of sp³-hybridized carbons (Fsp3) is 0.500. The molecule has 2 N–H and O–H groups in total. The van der Waals surface area contributed by atoms with Crippen molar-refractivity contribution in [3.63, 3.8) is 0 Å². The summed E-state index contributed by atoms with van der Waals surface area (Å²) in [6.45, 7) is -0.924. The van der Waals surface area contributed by atoms with Crippen molar-refractivity contribution in [3.05, 3.63) is 36.2 Å². The molecule has 3 heterocycles. The predicted molar refractivity (Wildman–Crippen MR) is 85.3 cm³/mol. The quantitative estimate of drug-likeness (QED) is 0.851. The molecule has 0 bridgehead atoms. The van der Waals surface area contributed by atoms with Crippen molar-refractivity contribution >= 4 is 18.3 Å². The minimum atomic E-state index is -2.68. The van der Waals surface area contributed by atoms with Crippen LogP contribution in [0.2, 0.25) is 0 Å². The summed E-state index contributed by atoms with van der Waals surface area (Å²) in [5, 5.41) is 10.1. The van der Waals surface area contributed by atoms with Gasteiger partial charge in [0.15, 0.2) is 0 Å². The van der Waals surface area contributed by atoms with Crippen LogP contribution in [-0.2, 0) is 6.54 Å². The molecule has 0 aliphatic carbocycles. The first-order valence-electron chi connectivity index (χ1n) is 7.49. The third-order valence-electron chi connectivity index (χ3n) is 3.85. The molecule has 0 saturated carbocycles. The largest absolute Gasteiger partial charge is 0.343 e. The average molecular weight is 361 g/mol. The van der Waals surface area contributed by atoms with Crippen molar-refractivity contribution in [2.24, 2.45) is 0 Å². The van der Waals surface area contributed by atoms with Gasteiger partial charge in [-0.2, -0.15) is 13.9 Å². The van der Waals surface area contributed by atoms with E-state index in [2.05, 4.69) is 20.7 Å². The Morgan fingerprint density at radius 1 is 1.46 bits per heavy atom. The highest BCUT2D eigenvalue weighted by Crippen LogP contribution is 2.16. The monoisotopic (exact) mass is 360 g/mol. The Labute approximate surface area is 143 Å². The van der Waals surface area contributed by atoms with Crippen LogP contribution in [0.3, 0.4) is 0 Å². The smallest absolute Gasteiger partial charge is 0.319 e. The van der Waals surface area contributed by atoms with Gasteiger partial charge < -0.3 is 10.6 Å². The van der Waals surface area contributed by atoms with Crippen molar-refractivity contribution < 1.29 is 13.6 Å². The molecule has 1 fully saturated rings. The van der Waals surface area contributed by atoms with Crippen LogP contribution in [0.1, 0.15) is 41.7 Å². The van der Waals surface area contributed by atoms with Crippen molar-refractivity contribution in [1.82, 2.24) is 30.0 Å². The number of rotatable bonds is 5. The van der Waals surface area contributed by atoms with E-state index in [9.17, 15) is 13.6 Å². The third kappa shape index (κ3) is 4.09. The molecule has 0 spiro atoms. The fourth-order valence-corrected chi connectivity index (χ4v) is 2.63. The van der Waals surface area contributed by atoms with Gasteiger partial charge in [0.05, 0.1) is 12.6 Å². The second-order valence-corrected chi connectivity index (χ2v) is 5.39. The standard InChI is InChI=1S/C14H18F2N6O.ClH/c15-14(16)21-7-5-18-12(21)9-19-13(23)11-3-6-22(20-11)10-2-1-4-17-8-10;/h3,5-7,10,14,17H,1-2,4,8-9H2,(H,19,23);1H. The van der Waals surface area contributed by atoms with Crippen molar-refractivity contribution in [1.29, 1.82) is 0 Å². The van der Waals surface area contributed by atoms with Gasteiger partial charge in [-0.3, -0.25) is 14.0 Å². The first-order valence-corrected chi connectivity index (χ1v) is 7.49. The summed E-state index contributed by atoms with van der Waals surface area (Å²) >= 11 is 0. The number of alkyl halides is 2. The lowest BCUT2D eigenvalue weighted by atomic mass is 10.1. The van der Waals surface area contributed by atoms with Crippen molar-refractivity contribution in [3.8, 4) is 0 Å². The van der Waals surface area contributed by atoms with Gasteiger partial charge in [-0.25, -0.2) is 4.98 Å². The lowest BCUT2D eigenvalue weighted by Gasteiger charge is -2.22.